The highest BCUT2D eigenvalue weighted by atomic mass is 19.1. The Hall–Kier alpha value is -3.06. The molecule has 2 heterocycles. The second-order valence-corrected chi connectivity index (χ2v) is 6.05. The number of rotatable bonds is 3. The van der Waals surface area contributed by atoms with Crippen molar-refractivity contribution in [2.24, 2.45) is 0 Å². The zero-order valence-electron chi connectivity index (χ0n) is 13.7. The van der Waals surface area contributed by atoms with Crippen LogP contribution in [0.5, 0.6) is 5.75 Å². The van der Waals surface area contributed by atoms with Gasteiger partial charge in [0.15, 0.2) is 0 Å². The summed E-state index contributed by atoms with van der Waals surface area (Å²) in [5.74, 6) is -1.49. The number of carboxylic acid groups (broad SMARTS) is 1. The van der Waals surface area contributed by atoms with Gasteiger partial charge in [0.05, 0.1) is 18.9 Å². The zero-order valence-corrected chi connectivity index (χ0v) is 13.7. The Morgan fingerprint density at radius 1 is 1.12 bits per heavy atom. The molecule has 0 spiro atoms. The van der Waals surface area contributed by atoms with E-state index in [1.807, 2.05) is 4.90 Å². The minimum absolute atomic E-state index is 0.0200. The molecule has 0 saturated carbocycles. The molecule has 0 amide bonds. The average molecular weight is 357 g/mol. The highest BCUT2D eigenvalue weighted by molar-refractivity contribution is 6.09. The summed E-state index contributed by atoms with van der Waals surface area (Å²) in [6.45, 7) is 2.35. The van der Waals surface area contributed by atoms with Gasteiger partial charge < -0.3 is 24.3 Å². The molecule has 2 aromatic carbocycles. The maximum atomic E-state index is 13.2. The molecule has 1 aliphatic rings. The van der Waals surface area contributed by atoms with Gasteiger partial charge in [-0.05, 0) is 30.3 Å². The van der Waals surface area contributed by atoms with Crippen molar-refractivity contribution in [3.8, 4) is 17.1 Å². The second-order valence-electron chi connectivity index (χ2n) is 6.05. The Morgan fingerprint density at radius 2 is 1.81 bits per heavy atom. The Kier molecular flexibility index (Phi) is 4.00. The van der Waals surface area contributed by atoms with E-state index in [-0.39, 0.29) is 17.1 Å². The molecule has 1 saturated heterocycles. The van der Waals surface area contributed by atoms with Gasteiger partial charge >= 0.3 is 5.97 Å². The number of furan rings is 1. The molecule has 134 valence electrons. The van der Waals surface area contributed by atoms with Crippen LogP contribution in [0.25, 0.3) is 22.3 Å². The molecule has 7 heteroatoms. The van der Waals surface area contributed by atoms with Crippen LogP contribution >= 0.6 is 0 Å². The highest BCUT2D eigenvalue weighted by Gasteiger charge is 2.24. The predicted octanol–water partition coefficient (Wildman–Crippen LogP) is 3.48. The Morgan fingerprint density at radius 3 is 2.46 bits per heavy atom. The Balaban J connectivity index is 1.89. The minimum atomic E-state index is -1.18. The number of hydrogen-bond donors (Lipinski definition) is 2. The molecule has 0 bridgehead atoms. The smallest absolute Gasteiger partial charge is 0.340 e. The monoisotopic (exact) mass is 357 g/mol. The molecular weight excluding hydrogens is 341 g/mol. The number of hydrogen-bond acceptors (Lipinski definition) is 5. The topological polar surface area (TPSA) is 83.1 Å². The van der Waals surface area contributed by atoms with E-state index in [1.165, 1.54) is 30.3 Å². The molecule has 1 aromatic heterocycles. The first kappa shape index (κ1) is 16.4. The van der Waals surface area contributed by atoms with Crippen LogP contribution in [0.1, 0.15) is 10.4 Å². The van der Waals surface area contributed by atoms with Gasteiger partial charge in [-0.15, -0.1) is 0 Å². The van der Waals surface area contributed by atoms with Crippen molar-refractivity contribution >= 4 is 22.6 Å². The van der Waals surface area contributed by atoms with Gasteiger partial charge in [-0.3, -0.25) is 0 Å². The largest absolute Gasteiger partial charge is 0.506 e. The van der Waals surface area contributed by atoms with Crippen molar-refractivity contribution in [2.75, 3.05) is 31.2 Å². The molecule has 0 atom stereocenters. The molecule has 0 aliphatic carbocycles. The SMILES string of the molecule is O=C(O)c1c(-c2ccc(F)cc2)oc2cc(N3CCOCC3)c(O)cc12. The fourth-order valence-electron chi connectivity index (χ4n) is 3.20. The lowest BCUT2D eigenvalue weighted by Gasteiger charge is -2.29. The van der Waals surface area contributed by atoms with Crippen molar-refractivity contribution in [3.05, 3.63) is 47.8 Å². The quantitative estimate of drug-likeness (QED) is 0.747. The highest BCUT2D eigenvalue weighted by Crippen LogP contribution is 2.40. The molecular formula is C19H16FNO5. The fraction of sp³-hybridized carbons (Fsp3) is 0.211. The lowest BCUT2D eigenvalue weighted by Crippen LogP contribution is -2.36. The molecule has 2 N–H and O–H groups in total. The number of carbonyl (C=O) groups is 1. The molecule has 4 rings (SSSR count). The van der Waals surface area contributed by atoms with Crippen molar-refractivity contribution in [3.63, 3.8) is 0 Å². The minimum Gasteiger partial charge on any atom is -0.506 e. The number of fused-ring (bicyclic) bond motifs is 1. The number of aromatic carboxylic acids is 1. The molecule has 0 unspecified atom stereocenters. The Bertz CT molecular complexity index is 974. The standard InChI is InChI=1S/C19H16FNO5/c20-12-3-1-11(2-4-12)18-17(19(23)24)13-9-15(22)14(10-16(13)26-18)21-5-7-25-8-6-21/h1-4,9-10,22H,5-8H2,(H,23,24). The number of halogens is 1. The summed E-state index contributed by atoms with van der Waals surface area (Å²) in [5.41, 5.74) is 1.31. The third-order valence-electron chi connectivity index (χ3n) is 4.46. The normalized spacial score (nSPS) is 14.7. The summed E-state index contributed by atoms with van der Waals surface area (Å²) in [6.07, 6.45) is 0. The number of aromatic hydroxyl groups is 1. The van der Waals surface area contributed by atoms with Crippen molar-refractivity contribution < 1.29 is 28.6 Å². The summed E-state index contributed by atoms with van der Waals surface area (Å²) in [5, 5.41) is 20.3. The van der Waals surface area contributed by atoms with Crippen molar-refractivity contribution in [1.29, 1.82) is 0 Å². The molecule has 6 nitrogen and oxygen atoms in total. The zero-order chi connectivity index (χ0) is 18.3. The lowest BCUT2D eigenvalue weighted by atomic mass is 10.0. The number of anilines is 1. The predicted molar refractivity (Wildman–Crippen MR) is 93.3 cm³/mol. The third-order valence-corrected chi connectivity index (χ3v) is 4.46. The van der Waals surface area contributed by atoms with Gasteiger partial charge in [0.1, 0.15) is 28.5 Å². The third kappa shape index (κ3) is 2.76. The van der Waals surface area contributed by atoms with Gasteiger partial charge in [0, 0.05) is 30.1 Å². The van der Waals surface area contributed by atoms with Gasteiger partial charge in [-0.2, -0.15) is 0 Å². The first-order valence-corrected chi connectivity index (χ1v) is 8.16. The number of phenols is 1. The van der Waals surface area contributed by atoms with Crippen molar-refractivity contribution in [1.82, 2.24) is 0 Å². The number of nitrogens with zero attached hydrogens (tertiary/aromatic N) is 1. The van der Waals surface area contributed by atoms with E-state index in [2.05, 4.69) is 0 Å². The maximum absolute atomic E-state index is 13.2. The molecule has 1 aliphatic heterocycles. The van der Waals surface area contributed by atoms with E-state index >= 15 is 0 Å². The van der Waals surface area contributed by atoms with Gasteiger partial charge in [-0.25, -0.2) is 9.18 Å². The van der Waals surface area contributed by atoms with Crippen LogP contribution in [0.3, 0.4) is 0 Å². The van der Waals surface area contributed by atoms with E-state index in [0.29, 0.717) is 48.5 Å². The number of ether oxygens (including phenoxy) is 1. The summed E-state index contributed by atoms with van der Waals surface area (Å²) >= 11 is 0. The number of carboxylic acids is 1. The molecule has 26 heavy (non-hydrogen) atoms. The van der Waals surface area contributed by atoms with Gasteiger partial charge in [-0.1, -0.05) is 0 Å². The van der Waals surface area contributed by atoms with Crippen LogP contribution in [0.15, 0.2) is 40.8 Å². The number of benzene rings is 2. The van der Waals surface area contributed by atoms with Crippen LogP contribution in [0.2, 0.25) is 0 Å². The Labute approximate surface area is 148 Å². The first-order chi connectivity index (χ1) is 12.5. The fourth-order valence-corrected chi connectivity index (χ4v) is 3.20. The summed E-state index contributed by atoms with van der Waals surface area (Å²) in [7, 11) is 0. The lowest BCUT2D eigenvalue weighted by molar-refractivity contribution is 0.0699. The maximum Gasteiger partial charge on any atom is 0.340 e. The second kappa shape index (κ2) is 6.34. The van der Waals surface area contributed by atoms with E-state index in [4.69, 9.17) is 9.15 Å². The van der Waals surface area contributed by atoms with Crippen LogP contribution < -0.4 is 4.90 Å². The van der Waals surface area contributed by atoms with Crippen LogP contribution in [-0.4, -0.2) is 42.5 Å². The van der Waals surface area contributed by atoms with Crippen molar-refractivity contribution in [2.45, 2.75) is 0 Å². The van der Waals surface area contributed by atoms with E-state index in [1.54, 1.807) is 6.07 Å². The summed E-state index contributed by atoms with van der Waals surface area (Å²) in [4.78, 5) is 13.7. The van der Waals surface area contributed by atoms with Gasteiger partial charge in [0.25, 0.3) is 0 Å². The first-order valence-electron chi connectivity index (χ1n) is 8.16. The molecule has 0 radical (unpaired) electrons. The van der Waals surface area contributed by atoms with Crippen LogP contribution in [0.4, 0.5) is 10.1 Å². The van der Waals surface area contributed by atoms with E-state index in [9.17, 15) is 19.4 Å². The average Bonchev–Trinajstić information content (AvgIpc) is 3.01. The van der Waals surface area contributed by atoms with E-state index < -0.39 is 11.8 Å². The van der Waals surface area contributed by atoms with Crippen LogP contribution in [-0.2, 0) is 4.74 Å². The van der Waals surface area contributed by atoms with E-state index in [0.717, 1.165) is 0 Å². The molecule has 3 aromatic rings. The van der Waals surface area contributed by atoms with Gasteiger partial charge in [0.2, 0.25) is 0 Å². The summed E-state index contributed by atoms with van der Waals surface area (Å²) < 4.78 is 24.3. The summed E-state index contributed by atoms with van der Waals surface area (Å²) in [6, 6.07) is 8.44. The van der Waals surface area contributed by atoms with Crippen LogP contribution in [0, 0.1) is 5.82 Å². The number of morpholine rings is 1. The molecule has 1 fully saturated rings. The number of phenolic OH excluding ortho intramolecular Hbond substituents is 1.